The zero-order valence-corrected chi connectivity index (χ0v) is 12.4. The summed E-state index contributed by atoms with van der Waals surface area (Å²) in [5.74, 6) is 0. The van der Waals surface area contributed by atoms with E-state index in [-0.39, 0.29) is 0 Å². The highest BCUT2D eigenvalue weighted by atomic mass is 16.5. The highest BCUT2D eigenvalue weighted by molar-refractivity contribution is 5.07. The molecule has 1 saturated heterocycles. The lowest BCUT2D eigenvalue weighted by Gasteiger charge is -2.29. The molecule has 1 aliphatic heterocycles. The van der Waals surface area contributed by atoms with E-state index in [4.69, 9.17) is 9.47 Å². The lowest BCUT2D eigenvalue weighted by molar-refractivity contribution is 0.0332. The monoisotopic (exact) mass is 280 g/mol. The third-order valence-electron chi connectivity index (χ3n) is 3.55. The fourth-order valence-corrected chi connectivity index (χ4v) is 2.24. The Hall–Kier alpha value is -1.24. The lowest BCUT2D eigenvalue weighted by Crippen LogP contribution is -2.41. The molecule has 1 aliphatic rings. The molecule has 1 aromatic rings. The smallest absolute Gasteiger partial charge is 0.316 e. The Morgan fingerprint density at radius 1 is 1.30 bits per heavy atom. The summed E-state index contributed by atoms with van der Waals surface area (Å²) < 4.78 is 10.3. The molecule has 0 atom stereocenters. The number of hydrogen-bond acceptors (Lipinski definition) is 6. The second-order valence-electron chi connectivity index (χ2n) is 4.90. The van der Waals surface area contributed by atoms with Crippen molar-refractivity contribution in [3.63, 3.8) is 0 Å². The first-order valence-electron chi connectivity index (χ1n) is 7.19. The van der Waals surface area contributed by atoms with Gasteiger partial charge in [-0.15, -0.1) is 0 Å². The van der Waals surface area contributed by atoms with Crippen LogP contribution < -0.4 is 4.74 Å². The number of nitrogens with zero attached hydrogens (tertiary/aromatic N) is 4. The molecule has 0 aromatic carbocycles. The summed E-state index contributed by atoms with van der Waals surface area (Å²) in [6.07, 6.45) is 3.67. The molecule has 0 saturated carbocycles. The van der Waals surface area contributed by atoms with Gasteiger partial charge in [0.25, 0.3) is 0 Å². The maximum Gasteiger partial charge on any atom is 0.316 e. The van der Waals surface area contributed by atoms with E-state index in [0.29, 0.717) is 6.01 Å². The van der Waals surface area contributed by atoms with Crippen molar-refractivity contribution in [2.24, 2.45) is 0 Å². The van der Waals surface area contributed by atoms with Crippen molar-refractivity contribution in [3.8, 4) is 6.01 Å². The van der Waals surface area contributed by atoms with Gasteiger partial charge >= 0.3 is 6.01 Å². The molecule has 0 spiro atoms. The second kappa shape index (κ2) is 8.14. The van der Waals surface area contributed by atoms with E-state index in [0.717, 1.165) is 58.0 Å². The third-order valence-corrected chi connectivity index (χ3v) is 3.55. The highest BCUT2D eigenvalue weighted by Gasteiger charge is 2.12. The van der Waals surface area contributed by atoms with Crippen LogP contribution in [0.15, 0.2) is 12.4 Å². The first kappa shape index (κ1) is 15.2. The van der Waals surface area contributed by atoms with Gasteiger partial charge in [0.1, 0.15) is 0 Å². The molecule has 0 N–H and O–H groups in total. The molecule has 0 aliphatic carbocycles. The number of ether oxygens (including phenoxy) is 2. The number of morpholine rings is 1. The van der Waals surface area contributed by atoms with Gasteiger partial charge in [-0.3, -0.25) is 9.80 Å². The van der Waals surface area contributed by atoms with Gasteiger partial charge in [0.15, 0.2) is 0 Å². The van der Waals surface area contributed by atoms with Crippen LogP contribution in [-0.2, 0) is 11.3 Å². The van der Waals surface area contributed by atoms with E-state index >= 15 is 0 Å². The van der Waals surface area contributed by atoms with Gasteiger partial charge in [-0.05, 0) is 6.54 Å². The minimum atomic E-state index is 0.421. The molecule has 0 amide bonds. The topological polar surface area (TPSA) is 50.7 Å². The van der Waals surface area contributed by atoms with Crippen molar-refractivity contribution < 1.29 is 9.47 Å². The fourth-order valence-electron chi connectivity index (χ4n) is 2.24. The van der Waals surface area contributed by atoms with Crippen LogP contribution in [0, 0.1) is 0 Å². The lowest BCUT2D eigenvalue weighted by atomic mass is 10.3. The second-order valence-corrected chi connectivity index (χ2v) is 4.90. The predicted octanol–water partition coefficient (Wildman–Crippen LogP) is 0.639. The normalized spacial score (nSPS) is 16.6. The molecule has 1 fully saturated rings. The molecule has 6 nitrogen and oxygen atoms in total. The summed E-state index contributed by atoms with van der Waals surface area (Å²) in [6, 6.07) is 0.421. The standard InChI is InChI=1S/C14H24N4O2/c1-3-17(4-5-18-6-8-20-9-7-18)12-13-10-15-14(19-2)16-11-13/h10-11H,3-9,12H2,1-2H3. The summed E-state index contributed by atoms with van der Waals surface area (Å²) in [4.78, 5) is 13.2. The highest BCUT2D eigenvalue weighted by Crippen LogP contribution is 2.06. The Labute approximate surface area is 120 Å². The van der Waals surface area contributed by atoms with Crippen molar-refractivity contribution in [3.05, 3.63) is 18.0 Å². The maximum atomic E-state index is 5.37. The quantitative estimate of drug-likeness (QED) is 0.730. The molecule has 2 heterocycles. The van der Waals surface area contributed by atoms with E-state index < -0.39 is 0 Å². The van der Waals surface area contributed by atoms with Gasteiger partial charge in [0.2, 0.25) is 0 Å². The molecular weight excluding hydrogens is 256 g/mol. The van der Waals surface area contributed by atoms with Crippen LogP contribution in [0.3, 0.4) is 0 Å². The maximum absolute atomic E-state index is 5.37. The molecular formula is C14H24N4O2. The van der Waals surface area contributed by atoms with Crippen molar-refractivity contribution in [1.29, 1.82) is 0 Å². The number of likely N-dealkylation sites (N-methyl/N-ethyl adjacent to an activating group) is 1. The van der Waals surface area contributed by atoms with Gasteiger partial charge < -0.3 is 9.47 Å². The molecule has 1 aromatic heterocycles. The van der Waals surface area contributed by atoms with Gasteiger partial charge in [-0.25, -0.2) is 9.97 Å². The Bertz CT molecular complexity index is 379. The minimum Gasteiger partial charge on any atom is -0.467 e. The van der Waals surface area contributed by atoms with Crippen molar-refractivity contribution in [2.75, 3.05) is 53.0 Å². The van der Waals surface area contributed by atoms with Crippen molar-refractivity contribution >= 4 is 0 Å². The molecule has 0 radical (unpaired) electrons. The minimum absolute atomic E-state index is 0.421. The summed E-state index contributed by atoms with van der Waals surface area (Å²) in [5, 5.41) is 0. The van der Waals surface area contributed by atoms with Gasteiger partial charge in [0.05, 0.1) is 20.3 Å². The first-order chi connectivity index (χ1) is 9.81. The van der Waals surface area contributed by atoms with Crippen LogP contribution in [0.5, 0.6) is 6.01 Å². The van der Waals surface area contributed by atoms with Crippen LogP contribution in [0.1, 0.15) is 12.5 Å². The fraction of sp³-hybridized carbons (Fsp3) is 0.714. The summed E-state index contributed by atoms with van der Waals surface area (Å²) in [6.45, 7) is 10.0. The Morgan fingerprint density at radius 3 is 2.60 bits per heavy atom. The van der Waals surface area contributed by atoms with E-state index in [1.807, 2.05) is 12.4 Å². The van der Waals surface area contributed by atoms with E-state index in [1.54, 1.807) is 7.11 Å². The van der Waals surface area contributed by atoms with Gasteiger partial charge in [-0.2, -0.15) is 0 Å². The Morgan fingerprint density at radius 2 is 2.00 bits per heavy atom. The van der Waals surface area contributed by atoms with Crippen molar-refractivity contribution in [1.82, 2.24) is 19.8 Å². The average Bonchev–Trinajstić information content (AvgIpc) is 2.53. The Kier molecular flexibility index (Phi) is 6.17. The average molecular weight is 280 g/mol. The zero-order chi connectivity index (χ0) is 14.2. The molecule has 112 valence electrons. The number of rotatable bonds is 7. The first-order valence-corrected chi connectivity index (χ1v) is 7.19. The van der Waals surface area contributed by atoms with Gasteiger partial charge in [-0.1, -0.05) is 6.92 Å². The number of hydrogen-bond donors (Lipinski definition) is 0. The van der Waals surface area contributed by atoms with E-state index in [1.165, 1.54) is 0 Å². The molecule has 6 heteroatoms. The largest absolute Gasteiger partial charge is 0.467 e. The van der Waals surface area contributed by atoms with Gasteiger partial charge in [0, 0.05) is 50.7 Å². The predicted molar refractivity (Wildman–Crippen MR) is 76.8 cm³/mol. The summed E-state index contributed by atoms with van der Waals surface area (Å²) in [5.41, 5.74) is 1.12. The SMILES string of the molecule is CCN(CCN1CCOCC1)Cc1cnc(OC)nc1. The summed E-state index contributed by atoms with van der Waals surface area (Å²) in [7, 11) is 1.58. The van der Waals surface area contributed by atoms with Crippen LogP contribution in [0.4, 0.5) is 0 Å². The number of aromatic nitrogens is 2. The van der Waals surface area contributed by atoms with E-state index in [9.17, 15) is 0 Å². The Balaban J connectivity index is 1.78. The van der Waals surface area contributed by atoms with Crippen LogP contribution >= 0.6 is 0 Å². The number of methoxy groups -OCH3 is 1. The molecule has 20 heavy (non-hydrogen) atoms. The van der Waals surface area contributed by atoms with E-state index in [2.05, 4.69) is 26.7 Å². The van der Waals surface area contributed by atoms with Crippen molar-refractivity contribution in [2.45, 2.75) is 13.5 Å². The molecule has 0 unspecified atom stereocenters. The van der Waals surface area contributed by atoms with Crippen LogP contribution in [0.25, 0.3) is 0 Å². The molecule has 2 rings (SSSR count). The molecule has 0 bridgehead atoms. The van der Waals surface area contributed by atoms with Crippen LogP contribution in [0.2, 0.25) is 0 Å². The third kappa shape index (κ3) is 4.70. The zero-order valence-electron chi connectivity index (χ0n) is 12.4. The van der Waals surface area contributed by atoms with Crippen LogP contribution in [-0.4, -0.2) is 72.8 Å². The summed E-state index contributed by atoms with van der Waals surface area (Å²) >= 11 is 0.